The molecule has 0 bridgehead atoms. The summed E-state index contributed by atoms with van der Waals surface area (Å²) in [5, 5.41) is 0.559. The van der Waals surface area contributed by atoms with Gasteiger partial charge >= 0.3 is 0 Å². The van der Waals surface area contributed by atoms with E-state index < -0.39 is 0 Å². The van der Waals surface area contributed by atoms with Crippen molar-refractivity contribution in [3.8, 4) is 11.5 Å². The number of H-pyrrole nitrogens is 1. The number of aromatic nitrogens is 2. The Morgan fingerprint density at radius 2 is 1.93 bits per heavy atom. The Hall–Kier alpha value is -2.80. The lowest BCUT2D eigenvalue weighted by Gasteiger charge is -2.23. The summed E-state index contributed by atoms with van der Waals surface area (Å²) >= 11 is 5.42. The third-order valence-corrected chi connectivity index (χ3v) is 5.11. The number of rotatable bonds is 6. The van der Waals surface area contributed by atoms with E-state index >= 15 is 0 Å². The maximum atomic E-state index is 12.9. The molecule has 0 amide bonds. The minimum Gasteiger partial charge on any atom is -0.454 e. The van der Waals surface area contributed by atoms with Crippen molar-refractivity contribution in [1.82, 2.24) is 9.55 Å². The quantitative estimate of drug-likeness (QED) is 0.658. The van der Waals surface area contributed by atoms with Crippen LogP contribution in [0.3, 0.4) is 0 Å². The van der Waals surface area contributed by atoms with Crippen LogP contribution in [-0.2, 0) is 6.54 Å². The largest absolute Gasteiger partial charge is 0.454 e. The van der Waals surface area contributed by atoms with Gasteiger partial charge in [-0.25, -0.2) is 0 Å². The molecule has 6 nitrogen and oxygen atoms in total. The monoisotopic (exact) mass is 383 g/mol. The number of hydrogen-bond donors (Lipinski definition) is 1. The molecule has 0 spiro atoms. The van der Waals surface area contributed by atoms with Gasteiger partial charge in [0.2, 0.25) is 6.79 Å². The van der Waals surface area contributed by atoms with Crippen LogP contribution in [0.25, 0.3) is 10.9 Å². The molecule has 2 aromatic carbocycles. The fraction of sp³-hybridized carbons (Fsp3) is 0.300. The van der Waals surface area contributed by atoms with Crippen molar-refractivity contribution in [2.45, 2.75) is 19.9 Å². The Morgan fingerprint density at radius 1 is 1.19 bits per heavy atom. The van der Waals surface area contributed by atoms with E-state index in [-0.39, 0.29) is 12.4 Å². The van der Waals surface area contributed by atoms with Gasteiger partial charge in [0.25, 0.3) is 5.56 Å². The maximum Gasteiger partial charge on any atom is 0.262 e. The Labute approximate surface area is 162 Å². The lowest BCUT2D eigenvalue weighted by molar-refractivity contribution is 0.174. The van der Waals surface area contributed by atoms with Gasteiger partial charge in [0.1, 0.15) is 0 Å². The lowest BCUT2D eigenvalue weighted by atomic mass is 10.2. The zero-order valence-electron chi connectivity index (χ0n) is 15.1. The van der Waals surface area contributed by atoms with E-state index in [1.165, 1.54) is 5.69 Å². The number of hydrogen-bond acceptors (Lipinski definition) is 5. The van der Waals surface area contributed by atoms with E-state index in [0.717, 1.165) is 19.5 Å². The first kappa shape index (κ1) is 17.6. The minimum atomic E-state index is -0.102. The molecule has 1 aromatic heterocycles. The molecule has 0 fully saturated rings. The normalized spacial score (nSPS) is 12.5. The molecule has 7 heteroatoms. The molecule has 0 unspecified atom stereocenters. The van der Waals surface area contributed by atoms with Gasteiger partial charge in [0.15, 0.2) is 16.3 Å². The Bertz CT molecular complexity index is 1080. The number of para-hydroxylation sites is 1. The number of anilines is 1. The van der Waals surface area contributed by atoms with Crippen molar-refractivity contribution in [3.05, 3.63) is 57.6 Å². The van der Waals surface area contributed by atoms with Gasteiger partial charge in [-0.3, -0.25) is 9.36 Å². The van der Waals surface area contributed by atoms with Crippen LogP contribution < -0.4 is 19.9 Å². The molecule has 4 rings (SSSR count). The van der Waals surface area contributed by atoms with Crippen LogP contribution >= 0.6 is 12.2 Å². The second kappa shape index (κ2) is 7.44. The van der Waals surface area contributed by atoms with Crippen molar-refractivity contribution < 1.29 is 9.47 Å². The molecule has 140 valence electrons. The van der Waals surface area contributed by atoms with Crippen LogP contribution in [0.2, 0.25) is 0 Å². The zero-order valence-corrected chi connectivity index (χ0v) is 15.9. The second-order valence-electron chi connectivity index (χ2n) is 6.41. The van der Waals surface area contributed by atoms with E-state index in [2.05, 4.69) is 28.9 Å². The highest BCUT2D eigenvalue weighted by atomic mass is 32.1. The number of nitrogens with one attached hydrogen (secondary N) is 1. The van der Waals surface area contributed by atoms with Crippen LogP contribution in [0, 0.1) is 4.77 Å². The summed E-state index contributed by atoms with van der Waals surface area (Å²) in [6, 6.07) is 13.8. The Kier molecular flexibility index (Phi) is 4.85. The third kappa shape index (κ3) is 3.42. The molecule has 0 aliphatic carbocycles. The van der Waals surface area contributed by atoms with Crippen molar-refractivity contribution in [2.75, 3.05) is 24.8 Å². The average molecular weight is 383 g/mol. The minimum absolute atomic E-state index is 0.102. The fourth-order valence-corrected chi connectivity index (χ4v) is 3.66. The van der Waals surface area contributed by atoms with E-state index in [1.54, 1.807) is 16.7 Å². The first-order valence-electron chi connectivity index (χ1n) is 9.04. The van der Waals surface area contributed by atoms with Crippen molar-refractivity contribution in [2.24, 2.45) is 0 Å². The molecule has 1 N–H and O–H groups in total. The molecule has 1 aliphatic rings. The van der Waals surface area contributed by atoms with Crippen LogP contribution in [0.1, 0.15) is 13.3 Å². The summed E-state index contributed by atoms with van der Waals surface area (Å²) in [5.74, 6) is 1.23. The average Bonchev–Trinajstić information content (AvgIpc) is 3.14. The van der Waals surface area contributed by atoms with Crippen LogP contribution in [0.5, 0.6) is 11.5 Å². The Balaban J connectivity index is 1.56. The molecule has 0 atom stereocenters. The summed E-state index contributed by atoms with van der Waals surface area (Å²) in [4.78, 5) is 18.4. The second-order valence-corrected chi connectivity index (χ2v) is 6.79. The maximum absolute atomic E-state index is 12.9. The summed E-state index contributed by atoms with van der Waals surface area (Å²) in [6.45, 7) is 4.62. The fourth-order valence-electron chi connectivity index (χ4n) is 3.37. The number of benzene rings is 2. The smallest absolute Gasteiger partial charge is 0.262 e. The van der Waals surface area contributed by atoms with E-state index in [1.807, 2.05) is 18.2 Å². The van der Waals surface area contributed by atoms with Gasteiger partial charge in [0, 0.05) is 31.4 Å². The molecule has 0 saturated heterocycles. The summed E-state index contributed by atoms with van der Waals surface area (Å²) < 4.78 is 12.8. The van der Waals surface area contributed by atoms with Gasteiger partial charge in [-0.1, -0.05) is 18.2 Å². The molecule has 27 heavy (non-hydrogen) atoms. The van der Waals surface area contributed by atoms with E-state index in [4.69, 9.17) is 21.7 Å². The number of nitrogens with zero attached hydrogens (tertiary/aromatic N) is 2. The topological polar surface area (TPSA) is 59.5 Å². The summed E-state index contributed by atoms with van der Waals surface area (Å²) in [7, 11) is 0. The van der Waals surface area contributed by atoms with Gasteiger partial charge in [-0.2, -0.15) is 0 Å². The highest BCUT2D eigenvalue weighted by molar-refractivity contribution is 7.71. The van der Waals surface area contributed by atoms with E-state index in [0.29, 0.717) is 33.7 Å². The molecule has 0 radical (unpaired) electrons. The molecular weight excluding hydrogens is 362 g/mol. The Morgan fingerprint density at radius 3 is 2.67 bits per heavy atom. The highest BCUT2D eigenvalue weighted by Gasteiger charge is 2.17. The third-order valence-electron chi connectivity index (χ3n) is 4.79. The van der Waals surface area contributed by atoms with Gasteiger partial charge < -0.3 is 19.4 Å². The first-order chi connectivity index (χ1) is 13.2. The molecule has 3 aromatic rings. The van der Waals surface area contributed by atoms with Crippen LogP contribution in [0.4, 0.5) is 5.69 Å². The SMILES string of the molecule is CCN(CCCn1c(=S)[nH]c2cc3c(cc2c1=O)OCO3)c1ccccc1. The van der Waals surface area contributed by atoms with Crippen molar-refractivity contribution in [1.29, 1.82) is 0 Å². The van der Waals surface area contributed by atoms with Gasteiger partial charge in [0.05, 0.1) is 10.9 Å². The van der Waals surface area contributed by atoms with E-state index in [9.17, 15) is 4.79 Å². The number of ether oxygens (including phenoxy) is 2. The lowest BCUT2D eigenvalue weighted by Crippen LogP contribution is -2.27. The van der Waals surface area contributed by atoms with Crippen molar-refractivity contribution in [3.63, 3.8) is 0 Å². The van der Waals surface area contributed by atoms with Gasteiger partial charge in [-0.05, 0) is 43.8 Å². The summed E-state index contributed by atoms with van der Waals surface area (Å²) in [6.07, 6.45) is 0.816. The molecule has 0 saturated carbocycles. The van der Waals surface area contributed by atoms with Crippen LogP contribution in [0.15, 0.2) is 47.3 Å². The highest BCUT2D eigenvalue weighted by Crippen LogP contribution is 2.34. The molecule has 2 heterocycles. The van der Waals surface area contributed by atoms with Crippen LogP contribution in [-0.4, -0.2) is 29.4 Å². The van der Waals surface area contributed by atoms with Crippen molar-refractivity contribution >= 4 is 28.8 Å². The first-order valence-corrected chi connectivity index (χ1v) is 9.44. The summed E-state index contributed by atoms with van der Waals surface area (Å²) in [5.41, 5.74) is 1.75. The number of fused-ring (bicyclic) bond motifs is 2. The molecule has 1 aliphatic heterocycles. The number of aromatic amines is 1. The standard InChI is InChI=1S/C20H21N3O3S/c1-2-22(14-7-4-3-5-8-14)9-6-10-23-19(24)15-11-17-18(26-13-25-17)12-16(15)21-20(23)27/h3-5,7-8,11-12H,2,6,9-10,13H2,1H3,(H,21,27). The zero-order chi connectivity index (χ0) is 18.8. The molecular formula is C20H21N3O3S. The predicted octanol–water partition coefficient (Wildman–Crippen LogP) is 3.70. The van der Waals surface area contributed by atoms with Gasteiger partial charge in [-0.15, -0.1) is 0 Å². The predicted molar refractivity (Wildman–Crippen MR) is 108 cm³/mol.